The Kier molecular flexibility index (Phi) is 7.44. The van der Waals surface area contributed by atoms with Crippen LogP contribution in [0.4, 0.5) is 0 Å². The van der Waals surface area contributed by atoms with Crippen LogP contribution in [-0.4, -0.2) is 55.9 Å². The van der Waals surface area contributed by atoms with Gasteiger partial charge in [-0.3, -0.25) is 4.79 Å². The Hall–Kier alpha value is -1.86. The zero-order chi connectivity index (χ0) is 20.0. The molecule has 0 aliphatic carbocycles. The van der Waals surface area contributed by atoms with Crippen molar-refractivity contribution in [1.29, 1.82) is 0 Å². The molecule has 6 nitrogen and oxygen atoms in total. The van der Waals surface area contributed by atoms with Crippen molar-refractivity contribution in [2.45, 2.75) is 26.3 Å². The zero-order valence-electron chi connectivity index (χ0n) is 15.4. The molecule has 1 saturated heterocycles. The van der Waals surface area contributed by atoms with Gasteiger partial charge in [-0.25, -0.2) is 13.2 Å². The summed E-state index contributed by atoms with van der Waals surface area (Å²) >= 11 is 5.88. The number of hydrogen-bond donors (Lipinski definition) is 0. The molecule has 0 spiro atoms. The minimum atomic E-state index is -3.11. The summed E-state index contributed by atoms with van der Waals surface area (Å²) in [7, 11) is -3.11. The summed E-state index contributed by atoms with van der Waals surface area (Å²) in [4.78, 5) is 25.9. The molecule has 27 heavy (non-hydrogen) atoms. The molecule has 0 aromatic heterocycles. The maximum atomic E-state index is 12.5. The quantitative estimate of drug-likeness (QED) is 0.507. The first kappa shape index (κ1) is 21.4. The highest BCUT2D eigenvalue weighted by atomic mass is 35.5. The second-order valence-electron chi connectivity index (χ2n) is 6.99. The lowest BCUT2D eigenvalue weighted by Crippen LogP contribution is -2.45. The molecule has 0 N–H and O–H groups in total. The third-order valence-electron chi connectivity index (χ3n) is 4.13. The fourth-order valence-electron chi connectivity index (χ4n) is 2.91. The molecule has 1 fully saturated rings. The van der Waals surface area contributed by atoms with Crippen molar-refractivity contribution in [1.82, 2.24) is 4.90 Å². The van der Waals surface area contributed by atoms with E-state index in [1.807, 2.05) is 13.8 Å². The number of sulfone groups is 1. The number of amides is 1. The molecule has 1 aliphatic rings. The Labute approximate surface area is 165 Å². The van der Waals surface area contributed by atoms with Gasteiger partial charge in [0, 0.05) is 23.7 Å². The highest BCUT2D eigenvalue weighted by Crippen LogP contribution is 2.19. The van der Waals surface area contributed by atoms with Gasteiger partial charge in [-0.2, -0.15) is 0 Å². The van der Waals surface area contributed by atoms with E-state index in [0.717, 1.165) is 5.56 Å². The number of ether oxygens (including phenoxy) is 1. The van der Waals surface area contributed by atoms with Crippen LogP contribution in [0.1, 0.15) is 25.8 Å². The van der Waals surface area contributed by atoms with E-state index in [1.54, 1.807) is 30.3 Å². The predicted molar refractivity (Wildman–Crippen MR) is 105 cm³/mol. The van der Waals surface area contributed by atoms with E-state index in [1.165, 1.54) is 11.0 Å². The molecule has 0 saturated carbocycles. The topological polar surface area (TPSA) is 80.8 Å². The predicted octanol–water partition coefficient (Wildman–Crippen LogP) is 2.57. The molecule has 0 bridgehead atoms. The van der Waals surface area contributed by atoms with Gasteiger partial charge in [0.1, 0.15) is 0 Å². The van der Waals surface area contributed by atoms with Gasteiger partial charge in [0.15, 0.2) is 16.4 Å². The average molecular weight is 414 g/mol. The van der Waals surface area contributed by atoms with Crippen molar-refractivity contribution in [2.75, 3.05) is 24.7 Å². The fourth-order valence-corrected chi connectivity index (χ4v) is 4.84. The second-order valence-corrected chi connectivity index (χ2v) is 9.66. The summed E-state index contributed by atoms with van der Waals surface area (Å²) in [6.07, 6.45) is 3.20. The van der Waals surface area contributed by atoms with Crippen LogP contribution in [-0.2, 0) is 24.2 Å². The van der Waals surface area contributed by atoms with Crippen LogP contribution < -0.4 is 0 Å². The maximum Gasteiger partial charge on any atom is 0.331 e. The zero-order valence-corrected chi connectivity index (χ0v) is 17.0. The number of carbonyl (C=O) groups is 2. The van der Waals surface area contributed by atoms with Gasteiger partial charge in [0.05, 0.1) is 11.5 Å². The van der Waals surface area contributed by atoms with E-state index in [9.17, 15) is 18.0 Å². The number of benzene rings is 1. The van der Waals surface area contributed by atoms with E-state index in [2.05, 4.69) is 0 Å². The molecule has 1 aromatic rings. The van der Waals surface area contributed by atoms with Gasteiger partial charge in [0.25, 0.3) is 5.91 Å². The molecule has 1 heterocycles. The summed E-state index contributed by atoms with van der Waals surface area (Å²) in [5.74, 6) is -0.798. The van der Waals surface area contributed by atoms with Crippen LogP contribution in [0.15, 0.2) is 30.3 Å². The highest BCUT2D eigenvalue weighted by Gasteiger charge is 2.35. The first-order valence-electron chi connectivity index (χ1n) is 8.76. The number of rotatable bonds is 7. The van der Waals surface area contributed by atoms with Gasteiger partial charge in [-0.05, 0) is 36.1 Å². The summed E-state index contributed by atoms with van der Waals surface area (Å²) < 4.78 is 28.5. The van der Waals surface area contributed by atoms with Gasteiger partial charge in [-0.15, -0.1) is 0 Å². The molecule has 1 aromatic carbocycles. The van der Waals surface area contributed by atoms with Crippen LogP contribution in [0.3, 0.4) is 0 Å². The number of halogens is 1. The van der Waals surface area contributed by atoms with Crippen molar-refractivity contribution in [2.24, 2.45) is 5.92 Å². The lowest BCUT2D eigenvalue weighted by atomic mass is 10.1. The lowest BCUT2D eigenvalue weighted by Gasteiger charge is -2.29. The lowest BCUT2D eigenvalue weighted by molar-refractivity contribution is -0.149. The smallest absolute Gasteiger partial charge is 0.331 e. The standard InChI is InChI=1S/C19H24ClNO5S/c1-14(2)11-21(17-8-9-27(24,25)13-17)18(22)12-26-19(23)7-6-15-4-3-5-16(20)10-15/h3-7,10,14,17H,8-9,11-13H2,1-2H3/b7-6+/t17-/m0/s1. The van der Waals surface area contributed by atoms with Crippen molar-refractivity contribution >= 4 is 39.4 Å². The monoisotopic (exact) mass is 413 g/mol. The third kappa shape index (κ3) is 6.99. The van der Waals surface area contributed by atoms with Gasteiger partial charge < -0.3 is 9.64 Å². The van der Waals surface area contributed by atoms with Crippen LogP contribution in [0, 0.1) is 5.92 Å². The van der Waals surface area contributed by atoms with E-state index in [4.69, 9.17) is 16.3 Å². The minimum absolute atomic E-state index is 0.0337. The molecule has 1 aliphatic heterocycles. The van der Waals surface area contributed by atoms with Crippen LogP contribution in [0.2, 0.25) is 5.02 Å². The fraction of sp³-hybridized carbons (Fsp3) is 0.474. The molecule has 8 heteroatoms. The van der Waals surface area contributed by atoms with Gasteiger partial charge >= 0.3 is 5.97 Å². The van der Waals surface area contributed by atoms with Crippen LogP contribution in [0.25, 0.3) is 6.08 Å². The van der Waals surface area contributed by atoms with Crippen molar-refractivity contribution in [3.05, 3.63) is 40.9 Å². The maximum absolute atomic E-state index is 12.5. The Morgan fingerprint density at radius 2 is 2.11 bits per heavy atom. The number of nitrogens with zero attached hydrogens (tertiary/aromatic N) is 1. The Bertz CT molecular complexity index is 819. The highest BCUT2D eigenvalue weighted by molar-refractivity contribution is 7.91. The van der Waals surface area contributed by atoms with E-state index < -0.39 is 22.4 Å². The molecule has 0 radical (unpaired) electrons. The van der Waals surface area contributed by atoms with E-state index in [-0.39, 0.29) is 29.4 Å². The van der Waals surface area contributed by atoms with Gasteiger partial charge in [-0.1, -0.05) is 37.6 Å². The van der Waals surface area contributed by atoms with Crippen LogP contribution in [0.5, 0.6) is 0 Å². The molecular formula is C19H24ClNO5S. The molecule has 1 amide bonds. The van der Waals surface area contributed by atoms with Crippen molar-refractivity contribution < 1.29 is 22.7 Å². The SMILES string of the molecule is CC(C)CN(C(=O)COC(=O)/C=C/c1cccc(Cl)c1)[C@H]1CCS(=O)(=O)C1. The van der Waals surface area contributed by atoms with Gasteiger partial charge in [0.2, 0.25) is 0 Å². The minimum Gasteiger partial charge on any atom is -0.452 e. The van der Waals surface area contributed by atoms with Crippen LogP contribution >= 0.6 is 11.6 Å². The summed E-state index contributed by atoms with van der Waals surface area (Å²) in [5, 5.41) is 0.552. The van der Waals surface area contributed by atoms with Crippen molar-refractivity contribution in [3.63, 3.8) is 0 Å². The Morgan fingerprint density at radius 1 is 1.37 bits per heavy atom. The molecule has 0 unspecified atom stereocenters. The third-order valence-corrected chi connectivity index (χ3v) is 6.12. The van der Waals surface area contributed by atoms with Crippen molar-refractivity contribution in [3.8, 4) is 0 Å². The number of hydrogen-bond acceptors (Lipinski definition) is 5. The number of carbonyl (C=O) groups excluding carboxylic acids is 2. The first-order valence-corrected chi connectivity index (χ1v) is 11.0. The molecule has 148 valence electrons. The second kappa shape index (κ2) is 9.37. The summed E-state index contributed by atoms with van der Waals surface area (Å²) in [6, 6.07) is 6.61. The molecule has 1 atom stereocenters. The van der Waals surface area contributed by atoms with E-state index in [0.29, 0.717) is 18.0 Å². The van der Waals surface area contributed by atoms with E-state index >= 15 is 0 Å². The molecule has 2 rings (SSSR count). The molecular weight excluding hydrogens is 390 g/mol. The number of esters is 1. The average Bonchev–Trinajstić information content (AvgIpc) is 2.95. The first-order chi connectivity index (χ1) is 12.7. The Balaban J connectivity index is 1.93. The normalized spacial score (nSPS) is 18.7. The Morgan fingerprint density at radius 3 is 2.70 bits per heavy atom. The summed E-state index contributed by atoms with van der Waals surface area (Å²) in [5.41, 5.74) is 0.739. The largest absolute Gasteiger partial charge is 0.452 e. The summed E-state index contributed by atoms with van der Waals surface area (Å²) in [6.45, 7) is 3.91.